The molecule has 1 aromatic heterocycles. The van der Waals surface area contributed by atoms with Crippen molar-refractivity contribution in [2.24, 2.45) is 0 Å². The number of nitrogens with one attached hydrogen (secondary N) is 1. The summed E-state index contributed by atoms with van der Waals surface area (Å²) in [7, 11) is 0. The average Bonchev–Trinajstić information content (AvgIpc) is 2.17. The van der Waals surface area contributed by atoms with Gasteiger partial charge in [-0.1, -0.05) is 25.4 Å². The summed E-state index contributed by atoms with van der Waals surface area (Å²) >= 11 is 6.12. The van der Waals surface area contributed by atoms with Gasteiger partial charge in [0.2, 0.25) is 0 Å². The van der Waals surface area contributed by atoms with Crippen molar-refractivity contribution in [1.29, 1.82) is 0 Å². The monoisotopic (exact) mass is 239 g/mol. The maximum atomic E-state index is 6.12. The molecule has 2 rings (SSSR count). The SMILES string of the molecule is Cc1c(Cl)nc(C(C)C)nc1NC1CCC1. The minimum atomic E-state index is 0.306. The van der Waals surface area contributed by atoms with Crippen LogP contribution in [-0.2, 0) is 0 Å². The maximum absolute atomic E-state index is 6.12. The largest absolute Gasteiger partial charge is 0.367 e. The van der Waals surface area contributed by atoms with Gasteiger partial charge < -0.3 is 5.32 Å². The summed E-state index contributed by atoms with van der Waals surface area (Å²) in [5, 5.41) is 4.02. The molecule has 0 radical (unpaired) electrons. The lowest BCUT2D eigenvalue weighted by Crippen LogP contribution is -2.28. The molecule has 0 atom stereocenters. The smallest absolute Gasteiger partial charge is 0.137 e. The predicted molar refractivity (Wildman–Crippen MR) is 67.1 cm³/mol. The van der Waals surface area contributed by atoms with Crippen molar-refractivity contribution >= 4 is 17.4 Å². The number of anilines is 1. The van der Waals surface area contributed by atoms with Crippen LogP contribution >= 0.6 is 11.6 Å². The van der Waals surface area contributed by atoms with Crippen molar-refractivity contribution in [1.82, 2.24) is 9.97 Å². The van der Waals surface area contributed by atoms with E-state index in [1.807, 2.05) is 6.92 Å². The zero-order chi connectivity index (χ0) is 11.7. The molecule has 0 aliphatic heterocycles. The molecular formula is C12H18ClN3. The molecule has 1 N–H and O–H groups in total. The third kappa shape index (κ3) is 2.29. The van der Waals surface area contributed by atoms with Gasteiger partial charge in [0.1, 0.15) is 16.8 Å². The maximum Gasteiger partial charge on any atom is 0.137 e. The second-order valence-electron chi connectivity index (χ2n) is 4.77. The molecule has 1 heterocycles. The molecule has 0 spiro atoms. The number of rotatable bonds is 3. The average molecular weight is 240 g/mol. The van der Waals surface area contributed by atoms with Crippen molar-refractivity contribution in [2.45, 2.75) is 52.0 Å². The fraction of sp³-hybridized carbons (Fsp3) is 0.667. The van der Waals surface area contributed by atoms with Gasteiger partial charge in [-0.25, -0.2) is 9.97 Å². The van der Waals surface area contributed by atoms with Crippen LogP contribution in [0.1, 0.15) is 50.4 Å². The van der Waals surface area contributed by atoms with Gasteiger partial charge in [-0.3, -0.25) is 0 Å². The van der Waals surface area contributed by atoms with E-state index < -0.39 is 0 Å². The summed E-state index contributed by atoms with van der Waals surface area (Å²) in [4.78, 5) is 8.85. The molecule has 1 aliphatic rings. The number of halogens is 1. The van der Waals surface area contributed by atoms with Gasteiger partial charge in [0.05, 0.1) is 0 Å². The zero-order valence-corrected chi connectivity index (χ0v) is 10.8. The molecule has 88 valence electrons. The zero-order valence-electron chi connectivity index (χ0n) is 10.0. The summed E-state index contributed by atoms with van der Waals surface area (Å²) in [5.74, 6) is 2.03. The lowest BCUT2D eigenvalue weighted by atomic mass is 9.93. The summed E-state index contributed by atoms with van der Waals surface area (Å²) in [6.45, 7) is 6.12. The van der Waals surface area contributed by atoms with Crippen molar-refractivity contribution in [2.75, 3.05) is 5.32 Å². The quantitative estimate of drug-likeness (QED) is 0.820. The summed E-state index contributed by atoms with van der Waals surface area (Å²) in [6.07, 6.45) is 3.78. The fourth-order valence-corrected chi connectivity index (χ4v) is 1.83. The predicted octanol–water partition coefficient (Wildman–Crippen LogP) is 3.53. The highest BCUT2D eigenvalue weighted by Gasteiger charge is 2.20. The molecular weight excluding hydrogens is 222 g/mol. The van der Waals surface area contributed by atoms with Crippen LogP contribution in [0.25, 0.3) is 0 Å². The summed E-state index contributed by atoms with van der Waals surface area (Å²) < 4.78 is 0. The van der Waals surface area contributed by atoms with E-state index in [1.54, 1.807) is 0 Å². The first-order valence-electron chi connectivity index (χ1n) is 5.88. The van der Waals surface area contributed by atoms with E-state index in [0.717, 1.165) is 17.2 Å². The molecule has 0 amide bonds. The third-order valence-corrected chi connectivity index (χ3v) is 3.43. The summed E-state index contributed by atoms with van der Waals surface area (Å²) in [6, 6.07) is 0.574. The van der Waals surface area contributed by atoms with Crippen molar-refractivity contribution < 1.29 is 0 Å². The fourth-order valence-electron chi connectivity index (χ4n) is 1.65. The molecule has 0 unspecified atom stereocenters. The highest BCUT2D eigenvalue weighted by atomic mass is 35.5. The first-order valence-corrected chi connectivity index (χ1v) is 6.26. The first-order chi connectivity index (χ1) is 7.58. The Morgan fingerprint density at radius 2 is 2.00 bits per heavy atom. The molecule has 1 aromatic rings. The van der Waals surface area contributed by atoms with Gasteiger partial charge in [-0.15, -0.1) is 0 Å². The number of aromatic nitrogens is 2. The van der Waals surface area contributed by atoms with Crippen LogP contribution in [0.5, 0.6) is 0 Å². The second kappa shape index (κ2) is 4.58. The first kappa shape index (κ1) is 11.6. The van der Waals surface area contributed by atoms with Gasteiger partial charge >= 0.3 is 0 Å². The Kier molecular flexibility index (Phi) is 3.33. The number of nitrogens with zero attached hydrogens (tertiary/aromatic N) is 2. The van der Waals surface area contributed by atoms with Crippen molar-refractivity contribution in [3.63, 3.8) is 0 Å². The van der Waals surface area contributed by atoms with E-state index in [2.05, 4.69) is 29.1 Å². The van der Waals surface area contributed by atoms with Crippen LogP contribution in [0.15, 0.2) is 0 Å². The van der Waals surface area contributed by atoms with Crippen LogP contribution < -0.4 is 5.32 Å². The van der Waals surface area contributed by atoms with E-state index in [0.29, 0.717) is 17.1 Å². The normalized spacial score (nSPS) is 16.3. The van der Waals surface area contributed by atoms with Crippen molar-refractivity contribution in [3.05, 3.63) is 16.5 Å². The third-order valence-electron chi connectivity index (χ3n) is 3.07. The second-order valence-corrected chi connectivity index (χ2v) is 5.13. The van der Waals surface area contributed by atoms with Crippen molar-refractivity contribution in [3.8, 4) is 0 Å². The Morgan fingerprint density at radius 3 is 2.50 bits per heavy atom. The number of hydrogen-bond donors (Lipinski definition) is 1. The van der Waals surface area contributed by atoms with Gasteiger partial charge in [-0.2, -0.15) is 0 Å². The van der Waals surface area contributed by atoms with E-state index in [4.69, 9.17) is 11.6 Å². The van der Waals surface area contributed by atoms with Gasteiger partial charge in [0.15, 0.2) is 0 Å². The number of hydrogen-bond acceptors (Lipinski definition) is 3. The van der Waals surface area contributed by atoms with Gasteiger partial charge in [0.25, 0.3) is 0 Å². The van der Waals surface area contributed by atoms with Crippen LogP contribution in [0.3, 0.4) is 0 Å². The Labute approximate surface area is 102 Å². The molecule has 0 saturated heterocycles. The molecule has 0 aromatic carbocycles. The van der Waals surface area contributed by atoms with Gasteiger partial charge in [-0.05, 0) is 26.2 Å². The Morgan fingerprint density at radius 1 is 1.31 bits per heavy atom. The van der Waals surface area contributed by atoms with E-state index in [9.17, 15) is 0 Å². The minimum Gasteiger partial charge on any atom is -0.367 e. The minimum absolute atomic E-state index is 0.306. The molecule has 1 fully saturated rings. The molecule has 1 aliphatic carbocycles. The Balaban J connectivity index is 2.26. The topological polar surface area (TPSA) is 37.8 Å². The van der Waals surface area contributed by atoms with Crippen LogP contribution in [0.4, 0.5) is 5.82 Å². The lowest BCUT2D eigenvalue weighted by Gasteiger charge is -2.28. The van der Waals surface area contributed by atoms with Crippen LogP contribution in [0, 0.1) is 6.92 Å². The standard InChI is InChI=1S/C12H18ClN3/c1-7(2)11-15-10(13)8(3)12(16-11)14-9-5-4-6-9/h7,9H,4-6H2,1-3H3,(H,14,15,16). The molecule has 16 heavy (non-hydrogen) atoms. The van der Waals surface area contributed by atoms with E-state index in [-0.39, 0.29) is 0 Å². The van der Waals surface area contributed by atoms with E-state index in [1.165, 1.54) is 19.3 Å². The van der Waals surface area contributed by atoms with E-state index >= 15 is 0 Å². The van der Waals surface area contributed by atoms with Crippen LogP contribution in [-0.4, -0.2) is 16.0 Å². The molecule has 1 saturated carbocycles. The molecule has 3 nitrogen and oxygen atoms in total. The molecule has 0 bridgehead atoms. The van der Waals surface area contributed by atoms with Gasteiger partial charge in [0, 0.05) is 17.5 Å². The Hall–Kier alpha value is -0.830. The highest BCUT2D eigenvalue weighted by Crippen LogP contribution is 2.27. The Bertz CT molecular complexity index is 386. The molecule has 4 heteroatoms. The highest BCUT2D eigenvalue weighted by molar-refractivity contribution is 6.30. The lowest BCUT2D eigenvalue weighted by molar-refractivity contribution is 0.444. The van der Waals surface area contributed by atoms with Crippen LogP contribution in [0.2, 0.25) is 5.15 Å². The summed E-state index contributed by atoms with van der Waals surface area (Å²) in [5.41, 5.74) is 0.956.